The van der Waals surface area contributed by atoms with Gasteiger partial charge in [0.05, 0.1) is 0 Å². The van der Waals surface area contributed by atoms with Crippen LogP contribution in [0.15, 0.2) is 19.0 Å². The number of nitrogen functional groups attached to an aromatic ring is 3. The summed E-state index contributed by atoms with van der Waals surface area (Å²) in [6, 6.07) is 0. The van der Waals surface area contributed by atoms with Crippen LogP contribution >= 0.6 is 7.82 Å². The number of H-pyrrole nitrogens is 3. The van der Waals surface area contributed by atoms with E-state index in [0.717, 1.165) is 14.4 Å². The first-order valence-electron chi connectivity index (χ1n) is 5.00. The zero-order valence-electron chi connectivity index (χ0n) is 11.1. The fraction of sp³-hybridized carbons (Fsp3) is 0. The van der Waals surface area contributed by atoms with Crippen molar-refractivity contribution in [2.24, 2.45) is 0 Å². The lowest BCUT2D eigenvalue weighted by Gasteiger charge is -2.36. The Kier molecular flexibility index (Phi) is 8.96. The maximum Gasteiger partial charge on any atom is 0.311 e. The summed E-state index contributed by atoms with van der Waals surface area (Å²) >= 11 is 0. The first kappa shape index (κ1) is 19.7. The van der Waals surface area contributed by atoms with Crippen molar-refractivity contribution in [1.29, 1.82) is 0 Å². The first-order valence-corrected chi connectivity index (χ1v) is 6.46. The number of aromatic amines is 3. The molecule has 0 amide bonds. The number of phosphoric acid groups is 1. The summed E-state index contributed by atoms with van der Waals surface area (Å²) in [5.74, 6) is 15.0. The summed E-state index contributed by atoms with van der Waals surface area (Å²) in [5, 5.41) is 26.9. The quantitative estimate of drug-likeness (QED) is 0.124. The van der Waals surface area contributed by atoms with Crippen molar-refractivity contribution in [3.8, 4) is 0 Å². The Morgan fingerprint density at radius 2 is 0.957 bits per heavy atom. The molecule has 0 unspecified atom stereocenters. The smallest absolute Gasteiger partial charge is 0.311 e. The van der Waals surface area contributed by atoms with Crippen LogP contribution in [-0.4, -0.2) is 46.6 Å². The van der Waals surface area contributed by atoms with E-state index in [0.29, 0.717) is 0 Å². The second-order valence-corrected chi connectivity index (χ2v) is 3.86. The van der Waals surface area contributed by atoms with Crippen LogP contribution in [0.3, 0.4) is 0 Å². The third-order valence-electron chi connectivity index (χ3n) is 1.18. The highest BCUT2D eigenvalue weighted by atomic mass is 31.2. The summed E-state index contributed by atoms with van der Waals surface area (Å²) in [6.45, 7) is 0. The molecule has 0 radical (unpaired) electrons. The molecule has 0 saturated heterocycles. The molecule has 0 aromatic carbocycles. The van der Waals surface area contributed by atoms with Gasteiger partial charge in [-0.3, -0.25) is 17.5 Å². The van der Waals surface area contributed by atoms with Crippen molar-refractivity contribution in [2.45, 2.75) is 0 Å². The standard InChI is InChI=1S/3CH3N5.H3O4P/c3*2-6-1-3-4-5-6;1-5(2,3)4/h3*1H,2H2;(H3,1,2,3,4). The third kappa shape index (κ3) is 16.7. The van der Waals surface area contributed by atoms with Crippen LogP contribution in [0.2, 0.25) is 0 Å². The second-order valence-electron chi connectivity index (χ2n) is 2.96. The largest absolute Gasteiger partial charge is 0.822 e. The second kappa shape index (κ2) is 10.4. The molecule has 3 aromatic heterocycles. The molecule has 3 aromatic rings. The molecule has 3 rings (SSSR count). The molecule has 0 fully saturated rings. The van der Waals surface area contributed by atoms with Crippen LogP contribution in [0.4, 0.5) is 0 Å². The van der Waals surface area contributed by atoms with Gasteiger partial charge >= 0.3 is 19.0 Å². The summed E-state index contributed by atoms with van der Waals surface area (Å²) in [7, 11) is -5.39. The average Bonchev–Trinajstić information content (AvgIpc) is 3.14. The van der Waals surface area contributed by atoms with E-state index in [1.54, 1.807) is 0 Å². The molecule has 0 saturated carbocycles. The number of aromatic nitrogens is 12. The van der Waals surface area contributed by atoms with Gasteiger partial charge in [-0.1, -0.05) is 30.0 Å². The minimum Gasteiger partial charge on any atom is -0.822 e. The minimum absolute atomic E-state index is 1.15. The molecule has 20 heteroatoms. The molecular weight excluding hydrogens is 341 g/mol. The Morgan fingerprint density at radius 3 is 1.00 bits per heavy atom. The van der Waals surface area contributed by atoms with E-state index in [9.17, 15) is 0 Å². The lowest BCUT2D eigenvalue weighted by Crippen LogP contribution is -2.45. The van der Waals surface area contributed by atoms with Gasteiger partial charge in [0, 0.05) is 0 Å². The number of nitrogens with zero attached hydrogens (tertiary/aromatic N) is 9. The van der Waals surface area contributed by atoms with Crippen molar-refractivity contribution in [3.05, 3.63) is 19.0 Å². The molecule has 128 valence electrons. The highest BCUT2D eigenvalue weighted by molar-refractivity contribution is 7.40. The zero-order chi connectivity index (χ0) is 17.7. The van der Waals surface area contributed by atoms with Gasteiger partial charge < -0.3 is 19.2 Å². The number of nitrogens with two attached hydrogens (primary N) is 3. The molecular formula is C3H12N15O4P. The molecule has 0 aliphatic carbocycles. The fourth-order valence-electron chi connectivity index (χ4n) is 0.554. The van der Waals surface area contributed by atoms with Crippen molar-refractivity contribution in [3.63, 3.8) is 0 Å². The minimum atomic E-state index is -5.39. The van der Waals surface area contributed by atoms with Gasteiger partial charge in [-0.05, 0) is 0 Å². The highest BCUT2D eigenvalue weighted by Crippen LogP contribution is 2.03. The number of hydrogen-bond donors (Lipinski definition) is 6. The fourth-order valence-corrected chi connectivity index (χ4v) is 0.554. The normalized spacial score (nSPS) is 9.35. The van der Waals surface area contributed by atoms with Gasteiger partial charge in [0.2, 0.25) is 0 Å². The molecule has 19 nitrogen and oxygen atoms in total. The molecule has 0 aliphatic rings. The number of tetrazole rings is 3. The van der Waals surface area contributed by atoms with E-state index < -0.39 is 7.82 Å². The topological polar surface area (TPSA) is 301 Å². The highest BCUT2D eigenvalue weighted by Gasteiger charge is 1.85. The average molecular weight is 353 g/mol. The molecule has 0 atom stereocenters. The van der Waals surface area contributed by atoms with E-state index in [1.807, 2.05) is 0 Å². The van der Waals surface area contributed by atoms with Crippen LogP contribution in [0.25, 0.3) is 0 Å². The molecule has 0 spiro atoms. The van der Waals surface area contributed by atoms with Crippen LogP contribution < -0.4 is 46.6 Å². The number of hydrogen-bond acceptors (Lipinski definition) is 13. The van der Waals surface area contributed by atoms with Gasteiger partial charge in [-0.15, -0.1) is 0 Å². The molecule has 3 heterocycles. The van der Waals surface area contributed by atoms with E-state index >= 15 is 0 Å². The molecule has 0 bridgehead atoms. The van der Waals surface area contributed by atoms with E-state index in [-0.39, 0.29) is 0 Å². The Labute approximate surface area is 125 Å². The van der Waals surface area contributed by atoms with Crippen LogP contribution in [0, 0.1) is 0 Å². The lowest BCUT2D eigenvalue weighted by atomic mass is 11.4. The van der Waals surface area contributed by atoms with E-state index in [4.69, 9.17) is 36.8 Å². The number of rotatable bonds is 0. The van der Waals surface area contributed by atoms with Gasteiger partial charge in [-0.2, -0.15) is 7.82 Å². The first-order chi connectivity index (χ1) is 10.7. The number of nitrogens with one attached hydrogen (secondary N) is 3. The predicted molar refractivity (Wildman–Crippen MR) is 57.8 cm³/mol. The van der Waals surface area contributed by atoms with Crippen molar-refractivity contribution in [2.75, 3.05) is 17.5 Å². The van der Waals surface area contributed by atoms with Crippen molar-refractivity contribution >= 4 is 7.82 Å². The van der Waals surface area contributed by atoms with Crippen molar-refractivity contribution < 1.29 is 33.6 Å². The van der Waals surface area contributed by atoms with Gasteiger partial charge in [0.15, 0.2) is 15.6 Å². The summed E-state index contributed by atoms with van der Waals surface area (Å²) in [6.07, 6.45) is 4.08. The Bertz CT molecular complexity index is 543. The summed E-state index contributed by atoms with van der Waals surface area (Å²) in [4.78, 5) is 29.1. The van der Waals surface area contributed by atoms with Crippen LogP contribution in [0.5, 0.6) is 0 Å². The maximum atomic E-state index is 8.55. The molecule has 23 heavy (non-hydrogen) atoms. The summed E-state index contributed by atoms with van der Waals surface area (Å²) in [5.41, 5.74) is 0. The van der Waals surface area contributed by atoms with E-state index in [1.165, 1.54) is 19.0 Å². The third-order valence-corrected chi connectivity index (χ3v) is 1.18. The van der Waals surface area contributed by atoms with Crippen LogP contribution in [0.1, 0.15) is 0 Å². The van der Waals surface area contributed by atoms with E-state index in [2.05, 4.69) is 46.6 Å². The Hall–Kier alpha value is -3.28. The molecule has 0 aliphatic heterocycles. The Morgan fingerprint density at radius 1 is 0.739 bits per heavy atom. The monoisotopic (exact) mass is 353 g/mol. The van der Waals surface area contributed by atoms with Gasteiger partial charge in [0.1, 0.15) is 15.3 Å². The lowest BCUT2D eigenvalue weighted by molar-refractivity contribution is -0.701. The van der Waals surface area contributed by atoms with Crippen molar-refractivity contribution in [1.82, 2.24) is 46.6 Å². The van der Waals surface area contributed by atoms with Gasteiger partial charge in [0.25, 0.3) is 0 Å². The Balaban J connectivity index is 0.000000282. The molecule has 9 N–H and O–H groups in total. The summed E-state index contributed by atoms with van der Waals surface area (Å²) < 4.78 is 8.55. The zero-order valence-corrected chi connectivity index (χ0v) is 12.0. The maximum absolute atomic E-state index is 8.55. The predicted octanol–water partition coefficient (Wildman–Crippen LogP) is -9.41. The van der Waals surface area contributed by atoms with Gasteiger partial charge in [-0.25, -0.2) is 0 Å². The van der Waals surface area contributed by atoms with Crippen LogP contribution in [-0.2, 0) is 4.57 Å². The SMILES string of the molecule is N[n+]1cnn[nH]1.N[n+]1cnn[nH]1.N[n+]1cnn[nH]1.O=P([O-])([O-])[O-].